The van der Waals surface area contributed by atoms with Crippen LogP contribution in [0.1, 0.15) is 93.0 Å². The van der Waals surface area contributed by atoms with E-state index in [1.54, 1.807) is 11.1 Å². The van der Waals surface area contributed by atoms with Crippen LogP contribution in [0.15, 0.2) is 18.3 Å². The van der Waals surface area contributed by atoms with Crippen LogP contribution < -0.4 is 15.4 Å². The molecule has 1 amide bonds. The average molecular weight is 496 g/mol. The molecule has 1 fully saturated rings. The number of hydrogen-bond acceptors (Lipinski definition) is 7. The van der Waals surface area contributed by atoms with Gasteiger partial charge in [0, 0.05) is 24.5 Å². The number of aryl methyl sites for hydroxylation is 1. The summed E-state index contributed by atoms with van der Waals surface area (Å²) in [7, 11) is 0. The Morgan fingerprint density at radius 2 is 1.97 bits per heavy atom. The summed E-state index contributed by atoms with van der Waals surface area (Å²) in [6, 6.07) is 3.88. The highest BCUT2D eigenvalue weighted by Crippen LogP contribution is 2.37. The van der Waals surface area contributed by atoms with Gasteiger partial charge in [-0.3, -0.25) is 14.6 Å². The SMILES string of the molecule is CC(C)CCCCc1nc(N)c2c(n1)OCCN(c1ccc(C3CCC(CC(=O)O)CC3)nc1)C2=O. The molecule has 3 N–H and O–H groups in total. The minimum absolute atomic E-state index is 0.151. The number of aliphatic carboxylic acids is 1. The highest BCUT2D eigenvalue weighted by atomic mass is 16.5. The van der Waals surface area contributed by atoms with Crippen LogP contribution in [0.25, 0.3) is 0 Å². The molecule has 194 valence electrons. The molecular weight excluding hydrogens is 458 g/mol. The summed E-state index contributed by atoms with van der Waals surface area (Å²) in [5, 5.41) is 9.03. The first-order valence-electron chi connectivity index (χ1n) is 13.1. The molecule has 1 aliphatic carbocycles. The standard InChI is InChI=1S/C27H37N5O4/c1-17(2)5-3-4-6-22-30-25(28)24-26(31-22)36-14-13-32(27(24)35)20-11-12-21(29-16-20)19-9-7-18(8-10-19)15-23(33)34/h11-12,16-19H,3-10,13-15H2,1-2H3,(H,33,34)(H2,28,30,31). The van der Waals surface area contributed by atoms with Crippen molar-refractivity contribution in [3.63, 3.8) is 0 Å². The van der Waals surface area contributed by atoms with Crippen LogP contribution in [0.3, 0.4) is 0 Å². The zero-order valence-electron chi connectivity index (χ0n) is 21.3. The van der Waals surface area contributed by atoms with Gasteiger partial charge in [-0.25, -0.2) is 4.98 Å². The van der Waals surface area contributed by atoms with Gasteiger partial charge in [0.2, 0.25) is 5.88 Å². The molecule has 2 aromatic heterocycles. The van der Waals surface area contributed by atoms with Crippen molar-refractivity contribution in [3.05, 3.63) is 35.4 Å². The van der Waals surface area contributed by atoms with E-state index in [4.69, 9.17) is 15.6 Å². The average Bonchev–Trinajstić information content (AvgIpc) is 3.01. The summed E-state index contributed by atoms with van der Waals surface area (Å²) in [6.45, 7) is 5.08. The van der Waals surface area contributed by atoms with Gasteiger partial charge < -0.3 is 20.5 Å². The Bertz CT molecular complexity index is 1060. The zero-order chi connectivity index (χ0) is 25.7. The summed E-state index contributed by atoms with van der Waals surface area (Å²) in [5.74, 6) is 1.25. The molecule has 0 atom stereocenters. The second-order valence-electron chi connectivity index (χ2n) is 10.4. The number of amides is 1. The second kappa shape index (κ2) is 11.7. The van der Waals surface area contributed by atoms with Crippen LogP contribution in [0.4, 0.5) is 11.5 Å². The van der Waals surface area contributed by atoms with Crippen LogP contribution >= 0.6 is 0 Å². The van der Waals surface area contributed by atoms with Crippen LogP contribution in [-0.2, 0) is 11.2 Å². The van der Waals surface area contributed by atoms with E-state index in [0.717, 1.165) is 50.6 Å². The fourth-order valence-corrected chi connectivity index (χ4v) is 5.18. The van der Waals surface area contributed by atoms with Crippen molar-refractivity contribution in [1.82, 2.24) is 15.0 Å². The number of carbonyl (C=O) groups excluding carboxylic acids is 1. The maximum atomic E-state index is 13.4. The first-order valence-corrected chi connectivity index (χ1v) is 13.1. The van der Waals surface area contributed by atoms with Gasteiger partial charge in [0.15, 0.2) is 0 Å². The van der Waals surface area contributed by atoms with Gasteiger partial charge in [0.1, 0.15) is 23.8 Å². The van der Waals surface area contributed by atoms with E-state index >= 15 is 0 Å². The number of anilines is 2. The number of nitrogens with zero attached hydrogens (tertiary/aromatic N) is 4. The number of ether oxygens (including phenoxy) is 1. The molecule has 0 saturated heterocycles. The number of carboxylic acids is 1. The third-order valence-corrected chi connectivity index (χ3v) is 7.21. The highest BCUT2D eigenvalue weighted by Gasteiger charge is 2.30. The minimum atomic E-state index is -0.725. The Hall–Kier alpha value is -3.23. The molecule has 9 nitrogen and oxygen atoms in total. The normalized spacial score (nSPS) is 20.1. The molecule has 2 aliphatic rings. The van der Waals surface area contributed by atoms with Gasteiger partial charge >= 0.3 is 5.97 Å². The zero-order valence-corrected chi connectivity index (χ0v) is 21.3. The maximum absolute atomic E-state index is 13.4. The monoisotopic (exact) mass is 495 g/mol. The Kier molecular flexibility index (Phi) is 8.38. The fourth-order valence-electron chi connectivity index (χ4n) is 5.18. The van der Waals surface area contributed by atoms with Crippen LogP contribution in [0.2, 0.25) is 0 Å². The highest BCUT2D eigenvalue weighted by molar-refractivity contribution is 6.10. The molecule has 1 aliphatic heterocycles. The molecule has 0 bridgehead atoms. The Morgan fingerprint density at radius 1 is 1.19 bits per heavy atom. The lowest BCUT2D eigenvalue weighted by Crippen LogP contribution is -2.33. The molecule has 9 heteroatoms. The van der Waals surface area contributed by atoms with Crippen molar-refractivity contribution in [2.24, 2.45) is 11.8 Å². The number of carbonyl (C=O) groups is 2. The van der Waals surface area contributed by atoms with Crippen molar-refractivity contribution < 1.29 is 19.4 Å². The van der Waals surface area contributed by atoms with E-state index < -0.39 is 5.97 Å². The molecule has 0 spiro atoms. The molecule has 3 heterocycles. The maximum Gasteiger partial charge on any atom is 0.303 e. The number of fused-ring (bicyclic) bond motifs is 1. The predicted molar refractivity (Wildman–Crippen MR) is 137 cm³/mol. The topological polar surface area (TPSA) is 132 Å². The van der Waals surface area contributed by atoms with Crippen LogP contribution in [-0.4, -0.2) is 45.1 Å². The van der Waals surface area contributed by atoms with Gasteiger partial charge in [0.25, 0.3) is 5.91 Å². The smallest absolute Gasteiger partial charge is 0.303 e. The van der Waals surface area contributed by atoms with Crippen molar-refractivity contribution in [2.45, 2.75) is 77.6 Å². The quantitative estimate of drug-likeness (QED) is 0.482. The summed E-state index contributed by atoms with van der Waals surface area (Å²) < 4.78 is 5.84. The van der Waals surface area contributed by atoms with Crippen molar-refractivity contribution in [2.75, 3.05) is 23.8 Å². The molecule has 4 rings (SSSR count). The number of nitrogens with two attached hydrogens (primary N) is 1. The summed E-state index contributed by atoms with van der Waals surface area (Å²) >= 11 is 0. The predicted octanol–water partition coefficient (Wildman–Crippen LogP) is 4.61. The van der Waals surface area contributed by atoms with E-state index in [1.807, 2.05) is 12.1 Å². The Labute approximate surface area is 212 Å². The number of aromatic nitrogens is 3. The number of pyridine rings is 1. The second-order valence-corrected chi connectivity index (χ2v) is 10.4. The van der Waals surface area contributed by atoms with E-state index in [0.29, 0.717) is 42.9 Å². The molecule has 2 aromatic rings. The third-order valence-electron chi connectivity index (χ3n) is 7.21. The molecule has 0 aromatic carbocycles. The third kappa shape index (κ3) is 6.30. The van der Waals surface area contributed by atoms with Crippen LogP contribution in [0.5, 0.6) is 5.88 Å². The van der Waals surface area contributed by atoms with E-state index in [9.17, 15) is 9.59 Å². The van der Waals surface area contributed by atoms with Crippen molar-refractivity contribution in [1.29, 1.82) is 0 Å². The number of hydrogen-bond donors (Lipinski definition) is 2. The largest absolute Gasteiger partial charge is 0.481 e. The van der Waals surface area contributed by atoms with E-state index in [-0.39, 0.29) is 35.5 Å². The van der Waals surface area contributed by atoms with Crippen LogP contribution in [0, 0.1) is 11.8 Å². The van der Waals surface area contributed by atoms with Gasteiger partial charge in [0.05, 0.1) is 18.4 Å². The number of nitrogen functional groups attached to an aromatic ring is 1. The first kappa shape index (κ1) is 25.9. The van der Waals surface area contributed by atoms with Gasteiger partial charge in [-0.15, -0.1) is 0 Å². The summed E-state index contributed by atoms with van der Waals surface area (Å²) in [5.41, 5.74) is 8.09. The Morgan fingerprint density at radius 3 is 2.64 bits per heavy atom. The summed E-state index contributed by atoms with van der Waals surface area (Å²) in [6.07, 6.45) is 9.56. The molecule has 1 saturated carbocycles. The van der Waals surface area contributed by atoms with E-state index in [2.05, 4.69) is 28.8 Å². The lowest BCUT2D eigenvalue weighted by atomic mass is 9.79. The number of unbranched alkanes of at least 4 members (excludes halogenated alkanes) is 1. The van der Waals surface area contributed by atoms with E-state index in [1.165, 1.54) is 0 Å². The van der Waals surface area contributed by atoms with Gasteiger partial charge in [-0.05, 0) is 56.1 Å². The lowest BCUT2D eigenvalue weighted by Gasteiger charge is -2.27. The molecule has 36 heavy (non-hydrogen) atoms. The van der Waals surface area contributed by atoms with Gasteiger partial charge in [-0.1, -0.05) is 26.7 Å². The summed E-state index contributed by atoms with van der Waals surface area (Å²) in [4.78, 5) is 39.6. The minimum Gasteiger partial charge on any atom is -0.481 e. The number of carboxylic acid groups (broad SMARTS) is 1. The van der Waals surface area contributed by atoms with Gasteiger partial charge in [-0.2, -0.15) is 4.98 Å². The van der Waals surface area contributed by atoms with Crippen molar-refractivity contribution >= 4 is 23.4 Å². The Balaban J connectivity index is 1.42. The molecular formula is C27H37N5O4. The molecule has 0 radical (unpaired) electrons. The molecule has 0 unspecified atom stereocenters. The first-order chi connectivity index (χ1) is 17.3. The fraction of sp³-hybridized carbons (Fsp3) is 0.593. The number of rotatable bonds is 9. The lowest BCUT2D eigenvalue weighted by molar-refractivity contribution is -0.138. The van der Waals surface area contributed by atoms with Crippen molar-refractivity contribution in [3.8, 4) is 5.88 Å².